The predicted octanol–water partition coefficient (Wildman–Crippen LogP) is 2.87. The van der Waals surface area contributed by atoms with Crippen LogP contribution in [-0.2, 0) is 13.6 Å². The highest BCUT2D eigenvalue weighted by Gasteiger charge is 2.17. The summed E-state index contributed by atoms with van der Waals surface area (Å²) in [4.78, 5) is 10.5. The molecule has 0 atom stereocenters. The SMILES string of the molecule is Cc1cccc(-c2nc(CN(C)c3nnc(-c4ccncc4)n3C)no2)c1. The van der Waals surface area contributed by atoms with Crippen molar-refractivity contribution in [2.45, 2.75) is 13.5 Å². The van der Waals surface area contributed by atoms with Gasteiger partial charge in [0.05, 0.1) is 6.54 Å². The lowest BCUT2D eigenvalue weighted by atomic mass is 10.1. The first-order valence-electron chi connectivity index (χ1n) is 8.52. The van der Waals surface area contributed by atoms with Crippen molar-refractivity contribution in [2.75, 3.05) is 11.9 Å². The Labute approximate surface area is 156 Å². The van der Waals surface area contributed by atoms with Crippen molar-refractivity contribution in [2.24, 2.45) is 7.05 Å². The van der Waals surface area contributed by atoms with Crippen molar-refractivity contribution in [3.8, 4) is 22.8 Å². The molecule has 0 N–H and O–H groups in total. The molecule has 3 aromatic heterocycles. The number of aromatic nitrogens is 6. The Kier molecular flexibility index (Phi) is 4.37. The van der Waals surface area contributed by atoms with Crippen LogP contribution in [0.4, 0.5) is 5.95 Å². The minimum Gasteiger partial charge on any atom is -0.336 e. The van der Waals surface area contributed by atoms with Gasteiger partial charge in [0.15, 0.2) is 11.6 Å². The van der Waals surface area contributed by atoms with E-state index >= 15 is 0 Å². The fourth-order valence-electron chi connectivity index (χ4n) is 2.90. The summed E-state index contributed by atoms with van der Waals surface area (Å²) >= 11 is 0. The molecule has 0 aliphatic heterocycles. The van der Waals surface area contributed by atoms with Gasteiger partial charge in [-0.3, -0.25) is 9.55 Å². The number of nitrogens with zero attached hydrogens (tertiary/aromatic N) is 7. The summed E-state index contributed by atoms with van der Waals surface area (Å²) < 4.78 is 7.34. The van der Waals surface area contributed by atoms with E-state index in [2.05, 4.69) is 25.3 Å². The molecule has 136 valence electrons. The van der Waals surface area contributed by atoms with Gasteiger partial charge in [-0.1, -0.05) is 22.9 Å². The Hall–Kier alpha value is -3.55. The van der Waals surface area contributed by atoms with Crippen molar-refractivity contribution in [3.05, 3.63) is 60.2 Å². The van der Waals surface area contributed by atoms with Gasteiger partial charge in [-0.25, -0.2) is 0 Å². The molecule has 0 radical (unpaired) electrons. The highest BCUT2D eigenvalue weighted by Crippen LogP contribution is 2.22. The normalized spacial score (nSPS) is 10.9. The van der Waals surface area contributed by atoms with Crippen molar-refractivity contribution in [1.82, 2.24) is 29.9 Å². The molecule has 4 aromatic rings. The zero-order valence-corrected chi connectivity index (χ0v) is 15.4. The first kappa shape index (κ1) is 16.9. The van der Waals surface area contributed by atoms with Gasteiger partial charge in [-0.05, 0) is 31.2 Å². The summed E-state index contributed by atoms with van der Waals surface area (Å²) in [6.45, 7) is 2.49. The Morgan fingerprint density at radius 1 is 1.07 bits per heavy atom. The van der Waals surface area contributed by atoms with Gasteiger partial charge in [0.25, 0.3) is 5.89 Å². The molecule has 3 heterocycles. The lowest BCUT2D eigenvalue weighted by molar-refractivity contribution is 0.422. The van der Waals surface area contributed by atoms with Gasteiger partial charge in [0.2, 0.25) is 5.95 Å². The second-order valence-corrected chi connectivity index (χ2v) is 6.36. The predicted molar refractivity (Wildman–Crippen MR) is 101 cm³/mol. The van der Waals surface area contributed by atoms with E-state index in [0.29, 0.717) is 24.2 Å². The van der Waals surface area contributed by atoms with E-state index in [9.17, 15) is 0 Å². The minimum atomic E-state index is 0.456. The number of rotatable bonds is 5. The summed E-state index contributed by atoms with van der Waals surface area (Å²) in [7, 11) is 3.85. The fraction of sp³-hybridized carbons (Fsp3) is 0.211. The monoisotopic (exact) mass is 361 g/mol. The molecule has 4 rings (SSSR count). The number of hydrogen-bond donors (Lipinski definition) is 0. The molecule has 0 saturated heterocycles. The molecule has 0 saturated carbocycles. The van der Waals surface area contributed by atoms with E-state index < -0.39 is 0 Å². The van der Waals surface area contributed by atoms with E-state index in [1.807, 2.05) is 66.9 Å². The van der Waals surface area contributed by atoms with Crippen LogP contribution >= 0.6 is 0 Å². The number of hydrogen-bond acceptors (Lipinski definition) is 7. The summed E-state index contributed by atoms with van der Waals surface area (Å²) in [5.41, 5.74) is 3.02. The molecular weight excluding hydrogens is 342 g/mol. The van der Waals surface area contributed by atoms with Gasteiger partial charge in [-0.2, -0.15) is 4.98 Å². The van der Waals surface area contributed by atoms with Crippen LogP contribution in [-0.4, -0.2) is 36.9 Å². The number of anilines is 1. The maximum absolute atomic E-state index is 5.41. The van der Waals surface area contributed by atoms with Crippen LogP contribution in [0.1, 0.15) is 11.4 Å². The topological polar surface area (TPSA) is 85.8 Å². The molecule has 1 aromatic carbocycles. The Morgan fingerprint density at radius 2 is 1.89 bits per heavy atom. The molecule has 0 unspecified atom stereocenters. The minimum absolute atomic E-state index is 0.456. The largest absolute Gasteiger partial charge is 0.336 e. The van der Waals surface area contributed by atoms with Crippen molar-refractivity contribution in [1.29, 1.82) is 0 Å². The smallest absolute Gasteiger partial charge is 0.257 e. The maximum atomic E-state index is 5.41. The summed E-state index contributed by atoms with van der Waals surface area (Å²) in [5, 5.41) is 12.7. The lowest BCUT2D eigenvalue weighted by Crippen LogP contribution is -2.21. The van der Waals surface area contributed by atoms with Crippen molar-refractivity contribution >= 4 is 5.95 Å². The summed E-state index contributed by atoms with van der Waals surface area (Å²) in [6, 6.07) is 11.8. The van der Waals surface area contributed by atoms with Crippen molar-refractivity contribution < 1.29 is 4.52 Å². The quantitative estimate of drug-likeness (QED) is 0.540. The average Bonchev–Trinajstić information content (AvgIpc) is 3.29. The van der Waals surface area contributed by atoms with Crippen LogP contribution in [0, 0.1) is 6.92 Å². The average molecular weight is 361 g/mol. The molecular formula is C19H19N7O. The molecule has 27 heavy (non-hydrogen) atoms. The van der Waals surface area contributed by atoms with Crippen LogP contribution in [0.5, 0.6) is 0 Å². The first-order chi connectivity index (χ1) is 13.1. The third-order valence-corrected chi connectivity index (χ3v) is 4.24. The van der Waals surface area contributed by atoms with Crippen LogP contribution in [0.25, 0.3) is 22.8 Å². The molecule has 0 spiro atoms. The zero-order chi connectivity index (χ0) is 18.8. The number of aryl methyl sites for hydroxylation is 1. The van der Waals surface area contributed by atoms with E-state index in [1.165, 1.54) is 0 Å². The van der Waals surface area contributed by atoms with E-state index in [-0.39, 0.29) is 0 Å². The molecule has 0 bridgehead atoms. The van der Waals surface area contributed by atoms with Gasteiger partial charge < -0.3 is 9.42 Å². The van der Waals surface area contributed by atoms with Gasteiger partial charge >= 0.3 is 0 Å². The zero-order valence-electron chi connectivity index (χ0n) is 15.4. The maximum Gasteiger partial charge on any atom is 0.257 e. The first-order valence-corrected chi connectivity index (χ1v) is 8.52. The Morgan fingerprint density at radius 3 is 2.67 bits per heavy atom. The van der Waals surface area contributed by atoms with Gasteiger partial charge in [-0.15, -0.1) is 10.2 Å². The summed E-state index contributed by atoms with van der Waals surface area (Å²) in [5.74, 6) is 2.58. The fourth-order valence-corrected chi connectivity index (χ4v) is 2.90. The third-order valence-electron chi connectivity index (χ3n) is 4.24. The van der Waals surface area contributed by atoms with Crippen LogP contribution in [0.2, 0.25) is 0 Å². The van der Waals surface area contributed by atoms with E-state index in [1.54, 1.807) is 12.4 Å². The van der Waals surface area contributed by atoms with Gasteiger partial charge in [0, 0.05) is 37.6 Å². The van der Waals surface area contributed by atoms with E-state index in [0.717, 1.165) is 22.5 Å². The highest BCUT2D eigenvalue weighted by atomic mass is 16.5. The van der Waals surface area contributed by atoms with E-state index in [4.69, 9.17) is 4.52 Å². The molecule has 0 aliphatic carbocycles. The molecule has 0 amide bonds. The molecule has 0 fully saturated rings. The van der Waals surface area contributed by atoms with Gasteiger partial charge in [0.1, 0.15) is 0 Å². The number of pyridine rings is 1. The second-order valence-electron chi connectivity index (χ2n) is 6.36. The number of benzene rings is 1. The van der Waals surface area contributed by atoms with Crippen LogP contribution < -0.4 is 4.90 Å². The summed E-state index contributed by atoms with van der Waals surface area (Å²) in [6.07, 6.45) is 3.47. The van der Waals surface area contributed by atoms with Crippen LogP contribution in [0.15, 0.2) is 53.3 Å². The molecule has 0 aliphatic rings. The highest BCUT2D eigenvalue weighted by molar-refractivity contribution is 5.57. The molecule has 8 nitrogen and oxygen atoms in total. The second kappa shape index (κ2) is 6.99. The Bertz CT molecular complexity index is 1050. The van der Waals surface area contributed by atoms with Crippen molar-refractivity contribution in [3.63, 3.8) is 0 Å². The lowest BCUT2D eigenvalue weighted by Gasteiger charge is -2.15. The molecule has 8 heteroatoms. The standard InChI is InChI=1S/C19H19N7O/c1-13-5-4-6-15(11-13)18-21-16(24-27-18)12-25(2)19-23-22-17(26(19)3)14-7-9-20-10-8-14/h4-11H,12H2,1-3H3. The third kappa shape index (κ3) is 3.41. The van der Waals surface area contributed by atoms with Crippen LogP contribution in [0.3, 0.4) is 0 Å². The Balaban J connectivity index is 1.53.